The standard InChI is InChI=1S/C16H17FN2O3/c1-10(11-7-8-14(22-3)12(17)9-11)18-16(21)13-5-4-6-15(20)19(13)2/h4-10H,1-3H3,(H,18,21). The number of hydrogen-bond acceptors (Lipinski definition) is 3. The van der Waals surface area contributed by atoms with Gasteiger partial charge < -0.3 is 14.6 Å². The van der Waals surface area contributed by atoms with Crippen molar-refractivity contribution >= 4 is 5.91 Å². The van der Waals surface area contributed by atoms with Crippen molar-refractivity contribution in [2.24, 2.45) is 7.05 Å². The average molecular weight is 304 g/mol. The van der Waals surface area contributed by atoms with Gasteiger partial charge in [-0.2, -0.15) is 0 Å². The number of hydrogen-bond donors (Lipinski definition) is 1. The minimum Gasteiger partial charge on any atom is -0.494 e. The lowest BCUT2D eigenvalue weighted by molar-refractivity contribution is 0.0930. The fraction of sp³-hybridized carbons (Fsp3) is 0.250. The molecule has 0 aliphatic rings. The van der Waals surface area contributed by atoms with Crippen molar-refractivity contribution in [1.29, 1.82) is 0 Å². The number of amides is 1. The van der Waals surface area contributed by atoms with E-state index in [2.05, 4.69) is 5.32 Å². The Bertz CT molecular complexity index is 755. The maximum Gasteiger partial charge on any atom is 0.268 e. The topological polar surface area (TPSA) is 60.3 Å². The summed E-state index contributed by atoms with van der Waals surface area (Å²) in [4.78, 5) is 23.8. The summed E-state index contributed by atoms with van der Waals surface area (Å²) in [7, 11) is 2.91. The molecule has 0 saturated heterocycles. The molecule has 6 heteroatoms. The van der Waals surface area contributed by atoms with Crippen LogP contribution in [0.1, 0.15) is 29.0 Å². The first kappa shape index (κ1) is 15.8. The van der Waals surface area contributed by atoms with Crippen molar-refractivity contribution in [2.75, 3.05) is 7.11 Å². The Labute approximate surface area is 127 Å². The van der Waals surface area contributed by atoms with Gasteiger partial charge in [0.1, 0.15) is 5.69 Å². The molecule has 1 unspecified atom stereocenters. The highest BCUT2D eigenvalue weighted by atomic mass is 19.1. The molecular weight excluding hydrogens is 287 g/mol. The first-order valence-electron chi connectivity index (χ1n) is 6.74. The number of benzene rings is 1. The molecule has 116 valence electrons. The highest BCUT2D eigenvalue weighted by molar-refractivity contribution is 5.92. The third-order valence-corrected chi connectivity index (χ3v) is 3.44. The van der Waals surface area contributed by atoms with E-state index >= 15 is 0 Å². The van der Waals surface area contributed by atoms with Crippen molar-refractivity contribution in [3.8, 4) is 5.75 Å². The predicted molar refractivity (Wildman–Crippen MR) is 80.5 cm³/mol. The Hall–Kier alpha value is -2.63. The van der Waals surface area contributed by atoms with Crippen LogP contribution in [-0.4, -0.2) is 17.6 Å². The maximum absolute atomic E-state index is 13.7. The summed E-state index contributed by atoms with van der Waals surface area (Å²) >= 11 is 0. The van der Waals surface area contributed by atoms with Crippen LogP contribution in [-0.2, 0) is 7.05 Å². The van der Waals surface area contributed by atoms with Crippen LogP contribution in [0.3, 0.4) is 0 Å². The van der Waals surface area contributed by atoms with Crippen molar-refractivity contribution in [3.05, 3.63) is 63.8 Å². The van der Waals surface area contributed by atoms with Gasteiger partial charge in [0.05, 0.1) is 13.2 Å². The molecule has 1 N–H and O–H groups in total. The fourth-order valence-electron chi connectivity index (χ4n) is 2.10. The molecule has 1 aromatic heterocycles. The lowest BCUT2D eigenvalue weighted by atomic mass is 10.1. The summed E-state index contributed by atoms with van der Waals surface area (Å²) in [5.41, 5.74) is 0.580. The minimum atomic E-state index is -0.492. The van der Waals surface area contributed by atoms with Crippen LogP contribution >= 0.6 is 0 Å². The van der Waals surface area contributed by atoms with Gasteiger partial charge in [0.25, 0.3) is 11.5 Å². The minimum absolute atomic E-state index is 0.146. The Morgan fingerprint density at radius 3 is 2.68 bits per heavy atom. The Kier molecular flexibility index (Phi) is 4.60. The number of carbonyl (C=O) groups excluding carboxylic acids is 1. The van der Waals surface area contributed by atoms with E-state index in [1.807, 2.05) is 0 Å². The number of nitrogens with zero attached hydrogens (tertiary/aromatic N) is 1. The number of aromatic nitrogens is 1. The van der Waals surface area contributed by atoms with Crippen molar-refractivity contribution in [2.45, 2.75) is 13.0 Å². The summed E-state index contributed by atoms with van der Waals surface area (Å²) in [6, 6.07) is 8.53. The highest BCUT2D eigenvalue weighted by Crippen LogP contribution is 2.21. The molecule has 1 atom stereocenters. The molecule has 0 bridgehead atoms. The monoisotopic (exact) mass is 304 g/mol. The molecule has 0 aliphatic heterocycles. The number of ether oxygens (including phenoxy) is 1. The summed E-state index contributed by atoms with van der Waals surface area (Å²) < 4.78 is 19.8. The third kappa shape index (κ3) is 3.16. The molecule has 0 spiro atoms. The molecule has 1 heterocycles. The number of halogens is 1. The number of rotatable bonds is 4. The van der Waals surface area contributed by atoms with Crippen molar-refractivity contribution in [3.63, 3.8) is 0 Å². The third-order valence-electron chi connectivity index (χ3n) is 3.44. The molecule has 2 aromatic rings. The fourth-order valence-corrected chi connectivity index (χ4v) is 2.10. The Balaban J connectivity index is 2.19. The molecule has 5 nitrogen and oxygen atoms in total. The van der Waals surface area contributed by atoms with E-state index in [0.29, 0.717) is 5.56 Å². The molecule has 22 heavy (non-hydrogen) atoms. The van der Waals surface area contributed by atoms with Crippen LogP contribution < -0.4 is 15.6 Å². The smallest absolute Gasteiger partial charge is 0.268 e. The predicted octanol–water partition coefficient (Wildman–Crippen LogP) is 2.02. The Morgan fingerprint density at radius 2 is 2.05 bits per heavy atom. The van der Waals surface area contributed by atoms with Crippen LogP contribution in [0.15, 0.2) is 41.2 Å². The Morgan fingerprint density at radius 1 is 1.32 bits per heavy atom. The first-order chi connectivity index (χ1) is 10.4. The normalized spacial score (nSPS) is 11.8. The molecule has 0 radical (unpaired) electrons. The molecule has 0 fully saturated rings. The number of pyridine rings is 1. The van der Waals surface area contributed by atoms with Crippen molar-refractivity contribution < 1.29 is 13.9 Å². The van der Waals surface area contributed by atoms with Gasteiger partial charge in [-0.1, -0.05) is 12.1 Å². The molecule has 1 amide bonds. The van der Waals surface area contributed by atoms with E-state index in [9.17, 15) is 14.0 Å². The van der Waals surface area contributed by atoms with E-state index < -0.39 is 17.8 Å². The van der Waals surface area contributed by atoms with Crippen LogP contribution in [0.4, 0.5) is 4.39 Å². The van der Waals surface area contributed by atoms with Gasteiger partial charge in [-0.25, -0.2) is 4.39 Å². The van der Waals surface area contributed by atoms with E-state index in [1.165, 1.54) is 43.0 Å². The lowest BCUT2D eigenvalue weighted by Crippen LogP contribution is -2.32. The molecule has 2 rings (SSSR count). The highest BCUT2D eigenvalue weighted by Gasteiger charge is 2.15. The summed E-state index contributed by atoms with van der Waals surface area (Å²) in [5, 5.41) is 2.74. The van der Waals surface area contributed by atoms with Crippen LogP contribution in [0.5, 0.6) is 5.75 Å². The maximum atomic E-state index is 13.7. The molecule has 0 saturated carbocycles. The number of nitrogens with one attached hydrogen (secondary N) is 1. The largest absolute Gasteiger partial charge is 0.494 e. The quantitative estimate of drug-likeness (QED) is 0.940. The van der Waals surface area contributed by atoms with Crippen LogP contribution in [0, 0.1) is 5.82 Å². The van der Waals surface area contributed by atoms with E-state index in [4.69, 9.17) is 4.74 Å². The number of carbonyl (C=O) groups is 1. The zero-order valence-electron chi connectivity index (χ0n) is 12.6. The molecule has 1 aromatic carbocycles. The van der Waals surface area contributed by atoms with Crippen LogP contribution in [0.25, 0.3) is 0 Å². The van der Waals surface area contributed by atoms with Gasteiger partial charge in [-0.05, 0) is 30.7 Å². The zero-order valence-corrected chi connectivity index (χ0v) is 12.6. The SMILES string of the molecule is COc1ccc(C(C)NC(=O)c2cccc(=O)n2C)cc1F. The lowest BCUT2D eigenvalue weighted by Gasteiger charge is -2.16. The molecule has 0 aliphatic carbocycles. The molecular formula is C16H17FN2O3. The second-order valence-electron chi connectivity index (χ2n) is 4.90. The van der Waals surface area contributed by atoms with Gasteiger partial charge in [-0.3, -0.25) is 9.59 Å². The van der Waals surface area contributed by atoms with E-state index in [0.717, 1.165) is 0 Å². The second kappa shape index (κ2) is 6.43. The van der Waals surface area contributed by atoms with Gasteiger partial charge in [0.15, 0.2) is 11.6 Å². The second-order valence-corrected chi connectivity index (χ2v) is 4.90. The van der Waals surface area contributed by atoms with Gasteiger partial charge in [0.2, 0.25) is 0 Å². The van der Waals surface area contributed by atoms with Crippen molar-refractivity contribution in [1.82, 2.24) is 9.88 Å². The summed E-state index contributed by atoms with van der Waals surface area (Å²) in [6.07, 6.45) is 0. The van der Waals surface area contributed by atoms with Gasteiger partial charge in [-0.15, -0.1) is 0 Å². The van der Waals surface area contributed by atoms with Gasteiger partial charge in [0, 0.05) is 13.1 Å². The van der Waals surface area contributed by atoms with E-state index in [-0.39, 0.29) is 17.0 Å². The summed E-state index contributed by atoms with van der Waals surface area (Å²) in [6.45, 7) is 1.74. The average Bonchev–Trinajstić information content (AvgIpc) is 2.49. The zero-order chi connectivity index (χ0) is 16.3. The first-order valence-corrected chi connectivity index (χ1v) is 6.74. The van der Waals surface area contributed by atoms with E-state index in [1.54, 1.807) is 19.1 Å². The number of methoxy groups -OCH3 is 1. The van der Waals surface area contributed by atoms with Gasteiger partial charge >= 0.3 is 0 Å². The van der Waals surface area contributed by atoms with Crippen LogP contribution in [0.2, 0.25) is 0 Å². The summed E-state index contributed by atoms with van der Waals surface area (Å²) in [5.74, 6) is -0.745.